The summed E-state index contributed by atoms with van der Waals surface area (Å²) in [5.41, 5.74) is 7.33. The highest BCUT2D eigenvalue weighted by atomic mass is 79.9. The first kappa shape index (κ1) is 18.5. The van der Waals surface area contributed by atoms with Crippen molar-refractivity contribution >= 4 is 34.2 Å². The number of piperidine rings is 1. The Labute approximate surface area is 141 Å². The number of benzene rings is 1. The number of nitrogens with two attached hydrogens (primary N) is 1. The first-order valence-electron chi connectivity index (χ1n) is 7.16. The molecule has 1 fully saturated rings. The summed E-state index contributed by atoms with van der Waals surface area (Å²) < 4.78 is 1.06. The largest absolute Gasteiger partial charge is 0.342 e. The molecule has 2 rings (SSSR count). The number of aryl methyl sites for hydroxylation is 1. The molecule has 1 aromatic rings. The Kier molecular flexibility index (Phi) is 6.70. The maximum atomic E-state index is 12.3. The molecular weight excluding hydrogens is 352 g/mol. The van der Waals surface area contributed by atoms with Crippen LogP contribution in [0.5, 0.6) is 0 Å². The van der Waals surface area contributed by atoms with Crippen molar-refractivity contribution in [2.75, 3.05) is 13.1 Å². The van der Waals surface area contributed by atoms with E-state index in [2.05, 4.69) is 41.9 Å². The highest BCUT2D eigenvalue weighted by Crippen LogP contribution is 2.28. The number of hydrogen-bond acceptors (Lipinski definition) is 2. The number of likely N-dealkylation sites (tertiary alicyclic amines) is 1. The standard InChI is InChI=1S/C16H23BrN2O.ClH/c1-16(2)11-19(9-8-14(16)18)15(20)7-6-12-4-3-5-13(17)10-12;/h3-5,10,14H,6-9,11,18H2,1-2H3;1H. The second kappa shape index (κ2) is 7.61. The number of hydrogen-bond donors (Lipinski definition) is 1. The average Bonchev–Trinajstić information content (AvgIpc) is 2.39. The molecule has 2 N–H and O–H groups in total. The van der Waals surface area contributed by atoms with Crippen LogP contribution in [0.3, 0.4) is 0 Å². The van der Waals surface area contributed by atoms with E-state index in [1.54, 1.807) is 0 Å². The monoisotopic (exact) mass is 374 g/mol. The summed E-state index contributed by atoms with van der Waals surface area (Å²) in [5.74, 6) is 0.241. The minimum absolute atomic E-state index is 0. The Morgan fingerprint density at radius 2 is 2.19 bits per heavy atom. The third kappa shape index (κ3) is 4.97. The van der Waals surface area contributed by atoms with Gasteiger partial charge in [0.15, 0.2) is 0 Å². The molecular formula is C16H24BrClN2O. The van der Waals surface area contributed by atoms with Gasteiger partial charge in [-0.25, -0.2) is 0 Å². The number of halogens is 2. The molecule has 118 valence electrons. The van der Waals surface area contributed by atoms with Gasteiger partial charge in [0.05, 0.1) is 0 Å². The first-order valence-corrected chi connectivity index (χ1v) is 7.95. The van der Waals surface area contributed by atoms with E-state index in [0.29, 0.717) is 6.42 Å². The molecule has 1 aliphatic heterocycles. The van der Waals surface area contributed by atoms with E-state index >= 15 is 0 Å². The summed E-state index contributed by atoms with van der Waals surface area (Å²) >= 11 is 3.46. The maximum absolute atomic E-state index is 12.3. The van der Waals surface area contributed by atoms with E-state index in [4.69, 9.17) is 5.73 Å². The van der Waals surface area contributed by atoms with Crippen LogP contribution >= 0.6 is 28.3 Å². The zero-order valence-electron chi connectivity index (χ0n) is 12.6. The molecule has 1 aliphatic rings. The number of carbonyl (C=O) groups is 1. The topological polar surface area (TPSA) is 46.3 Å². The zero-order valence-corrected chi connectivity index (χ0v) is 15.0. The second-order valence-corrected chi connectivity index (χ2v) is 7.24. The van der Waals surface area contributed by atoms with Crippen LogP contribution in [0.2, 0.25) is 0 Å². The molecule has 1 aromatic carbocycles. The van der Waals surface area contributed by atoms with Crippen LogP contribution in [0.25, 0.3) is 0 Å². The van der Waals surface area contributed by atoms with Crippen molar-refractivity contribution < 1.29 is 4.79 Å². The van der Waals surface area contributed by atoms with Crippen molar-refractivity contribution in [1.82, 2.24) is 4.90 Å². The van der Waals surface area contributed by atoms with Crippen molar-refractivity contribution in [3.05, 3.63) is 34.3 Å². The highest BCUT2D eigenvalue weighted by molar-refractivity contribution is 9.10. The molecule has 0 spiro atoms. The summed E-state index contributed by atoms with van der Waals surface area (Å²) in [6, 6.07) is 8.33. The lowest BCUT2D eigenvalue weighted by Gasteiger charge is -2.42. The number of nitrogens with zero attached hydrogens (tertiary/aromatic N) is 1. The predicted molar refractivity (Wildman–Crippen MR) is 92.7 cm³/mol. The third-order valence-corrected chi connectivity index (χ3v) is 4.67. The molecule has 1 saturated heterocycles. The molecule has 1 heterocycles. The summed E-state index contributed by atoms with van der Waals surface area (Å²) in [6.45, 7) is 5.85. The van der Waals surface area contributed by atoms with Gasteiger partial charge in [0.1, 0.15) is 0 Å². The van der Waals surface area contributed by atoms with Crippen molar-refractivity contribution in [1.29, 1.82) is 0 Å². The van der Waals surface area contributed by atoms with Crippen LogP contribution in [0.4, 0.5) is 0 Å². The number of rotatable bonds is 3. The lowest BCUT2D eigenvalue weighted by Crippen LogP contribution is -2.54. The lowest BCUT2D eigenvalue weighted by molar-refractivity contribution is -0.134. The SMILES string of the molecule is CC1(C)CN(C(=O)CCc2cccc(Br)c2)CCC1N.Cl. The van der Waals surface area contributed by atoms with E-state index in [-0.39, 0.29) is 29.8 Å². The molecule has 0 aromatic heterocycles. The molecule has 21 heavy (non-hydrogen) atoms. The van der Waals surface area contributed by atoms with Crippen molar-refractivity contribution in [2.45, 2.75) is 39.2 Å². The van der Waals surface area contributed by atoms with Crippen molar-refractivity contribution in [3.63, 3.8) is 0 Å². The normalized spacial score (nSPS) is 20.8. The minimum Gasteiger partial charge on any atom is -0.342 e. The van der Waals surface area contributed by atoms with E-state index < -0.39 is 0 Å². The molecule has 0 bridgehead atoms. The predicted octanol–water partition coefficient (Wildman–Crippen LogP) is 3.39. The molecule has 1 amide bonds. The van der Waals surface area contributed by atoms with Gasteiger partial charge < -0.3 is 10.6 Å². The molecule has 5 heteroatoms. The van der Waals surface area contributed by atoms with Gasteiger partial charge in [-0.15, -0.1) is 12.4 Å². The van der Waals surface area contributed by atoms with Gasteiger partial charge in [-0.2, -0.15) is 0 Å². The van der Waals surface area contributed by atoms with Gasteiger partial charge in [-0.05, 0) is 36.0 Å². The fourth-order valence-corrected chi connectivity index (χ4v) is 3.14. The van der Waals surface area contributed by atoms with Crippen LogP contribution in [0.1, 0.15) is 32.3 Å². The van der Waals surface area contributed by atoms with Gasteiger partial charge in [0.25, 0.3) is 0 Å². The van der Waals surface area contributed by atoms with E-state index in [1.807, 2.05) is 17.0 Å². The van der Waals surface area contributed by atoms with E-state index in [1.165, 1.54) is 5.56 Å². The highest BCUT2D eigenvalue weighted by Gasteiger charge is 2.34. The molecule has 0 radical (unpaired) electrons. The zero-order chi connectivity index (χ0) is 14.8. The summed E-state index contributed by atoms with van der Waals surface area (Å²) in [4.78, 5) is 14.3. The summed E-state index contributed by atoms with van der Waals surface area (Å²) in [7, 11) is 0. The van der Waals surface area contributed by atoms with Crippen LogP contribution in [0, 0.1) is 5.41 Å². The van der Waals surface area contributed by atoms with Crippen LogP contribution in [-0.4, -0.2) is 29.9 Å². The first-order chi connectivity index (χ1) is 9.38. The third-order valence-electron chi connectivity index (χ3n) is 4.18. The summed E-state index contributed by atoms with van der Waals surface area (Å²) in [5, 5.41) is 0. The quantitative estimate of drug-likeness (QED) is 0.880. The van der Waals surface area contributed by atoms with Gasteiger partial charge in [-0.3, -0.25) is 4.79 Å². The maximum Gasteiger partial charge on any atom is 0.222 e. The molecule has 3 nitrogen and oxygen atoms in total. The Balaban J connectivity index is 0.00000220. The molecule has 1 unspecified atom stereocenters. The smallest absolute Gasteiger partial charge is 0.222 e. The average molecular weight is 376 g/mol. The Hall–Kier alpha value is -0.580. The Bertz CT molecular complexity index is 493. The Morgan fingerprint density at radius 3 is 2.81 bits per heavy atom. The fraction of sp³-hybridized carbons (Fsp3) is 0.562. The summed E-state index contributed by atoms with van der Waals surface area (Å²) in [6.07, 6.45) is 2.26. The molecule has 0 saturated carbocycles. The van der Waals surface area contributed by atoms with E-state index in [9.17, 15) is 4.79 Å². The van der Waals surface area contributed by atoms with Gasteiger partial charge in [0.2, 0.25) is 5.91 Å². The molecule has 0 aliphatic carbocycles. The van der Waals surface area contributed by atoms with Crippen molar-refractivity contribution in [3.8, 4) is 0 Å². The van der Waals surface area contributed by atoms with E-state index in [0.717, 1.165) is 30.4 Å². The van der Waals surface area contributed by atoms with Gasteiger partial charge in [0, 0.05) is 30.0 Å². The van der Waals surface area contributed by atoms with Crippen LogP contribution in [-0.2, 0) is 11.2 Å². The van der Waals surface area contributed by atoms with Gasteiger partial charge in [-0.1, -0.05) is 41.9 Å². The van der Waals surface area contributed by atoms with Gasteiger partial charge >= 0.3 is 0 Å². The minimum atomic E-state index is 0. The number of carbonyl (C=O) groups excluding carboxylic acids is 1. The van der Waals surface area contributed by atoms with Crippen LogP contribution in [0.15, 0.2) is 28.7 Å². The molecule has 1 atom stereocenters. The number of amides is 1. The van der Waals surface area contributed by atoms with Crippen LogP contribution < -0.4 is 5.73 Å². The Morgan fingerprint density at radius 1 is 1.48 bits per heavy atom. The fourth-order valence-electron chi connectivity index (χ4n) is 2.69. The lowest BCUT2D eigenvalue weighted by atomic mass is 9.79. The van der Waals surface area contributed by atoms with Crippen molar-refractivity contribution in [2.24, 2.45) is 11.1 Å². The second-order valence-electron chi connectivity index (χ2n) is 6.33.